The van der Waals surface area contributed by atoms with E-state index in [1.54, 1.807) is 12.1 Å². The number of aromatic nitrogens is 1. The Morgan fingerprint density at radius 1 is 0.979 bits per heavy atom. The van der Waals surface area contributed by atoms with E-state index >= 15 is 0 Å². The summed E-state index contributed by atoms with van der Waals surface area (Å²) in [7, 11) is 0. The molecule has 2 aliphatic heterocycles. The lowest BCUT2D eigenvalue weighted by Crippen LogP contribution is -2.39. The van der Waals surface area contributed by atoms with Crippen molar-refractivity contribution in [2.45, 2.75) is 98.9 Å². The van der Waals surface area contributed by atoms with Crippen molar-refractivity contribution >= 4 is 11.7 Å². The van der Waals surface area contributed by atoms with Gasteiger partial charge in [-0.1, -0.05) is 44.2 Å². The van der Waals surface area contributed by atoms with E-state index in [-0.39, 0.29) is 11.2 Å². The molecule has 0 saturated carbocycles. The van der Waals surface area contributed by atoms with Crippen LogP contribution in [-0.2, 0) is 29.0 Å². The van der Waals surface area contributed by atoms with Crippen molar-refractivity contribution in [3.8, 4) is 16.9 Å². The van der Waals surface area contributed by atoms with Crippen LogP contribution in [0.1, 0.15) is 87.2 Å². The first-order valence-electron chi connectivity index (χ1n) is 16.2. The maximum atomic E-state index is 12.8. The van der Waals surface area contributed by atoms with Crippen LogP contribution in [0.5, 0.6) is 5.75 Å². The normalized spacial score (nSPS) is 17.7. The summed E-state index contributed by atoms with van der Waals surface area (Å²) >= 11 is 0. The van der Waals surface area contributed by atoms with Gasteiger partial charge in [0.25, 0.3) is 0 Å². The number of pyridine rings is 1. The van der Waals surface area contributed by atoms with Crippen LogP contribution >= 0.6 is 0 Å². The SMILES string of the molecule is Cc1nc(C)c([C@H](OC(C)(C)C)C(=O)O)c(N2CCC(C)(C)CC2)c1-c1ccc2c(c1)CCN(Cc1ccc(OC(F)(F)F)cc1)C2. The molecule has 1 fully saturated rings. The number of anilines is 1. The number of aryl methyl sites for hydroxylation is 2. The molecule has 0 amide bonds. The van der Waals surface area contributed by atoms with Crippen LogP contribution in [0.15, 0.2) is 42.5 Å². The molecule has 1 atom stereocenters. The van der Waals surface area contributed by atoms with E-state index in [1.165, 1.54) is 23.3 Å². The maximum Gasteiger partial charge on any atom is 0.573 e. The number of carboxylic acids is 1. The van der Waals surface area contributed by atoms with Crippen LogP contribution in [0.2, 0.25) is 0 Å². The second-order valence-corrected chi connectivity index (χ2v) is 14.7. The molecule has 1 N–H and O–H groups in total. The summed E-state index contributed by atoms with van der Waals surface area (Å²) < 4.78 is 47.9. The van der Waals surface area contributed by atoms with Crippen molar-refractivity contribution in [1.29, 1.82) is 0 Å². The molecule has 0 spiro atoms. The molecule has 3 aromatic rings. The van der Waals surface area contributed by atoms with Crippen molar-refractivity contribution in [3.63, 3.8) is 0 Å². The highest BCUT2D eigenvalue weighted by molar-refractivity contribution is 5.88. The summed E-state index contributed by atoms with van der Waals surface area (Å²) in [6.07, 6.45) is -3.10. The minimum absolute atomic E-state index is 0.207. The number of carboxylic acid groups (broad SMARTS) is 1. The van der Waals surface area contributed by atoms with Crippen molar-refractivity contribution in [1.82, 2.24) is 9.88 Å². The van der Waals surface area contributed by atoms with Gasteiger partial charge in [-0.3, -0.25) is 9.88 Å². The standard InChI is InChI=1S/C37H46F3N3O4/c1-23-30(32(43-18-15-36(6,7)16-19-43)31(24(2)41-23)33(34(44)45)47-35(3,4)5)27-10-11-28-22-42(17-14-26(28)20-27)21-25-8-12-29(13-9-25)46-37(38,39)40/h8-13,20,33H,14-19,21-22H2,1-7H3,(H,44,45)/t33-/m0/s1. The number of ether oxygens (including phenoxy) is 2. The van der Waals surface area contributed by atoms with Gasteiger partial charge in [0.2, 0.25) is 0 Å². The van der Waals surface area contributed by atoms with E-state index in [9.17, 15) is 23.1 Å². The molecule has 47 heavy (non-hydrogen) atoms. The number of fused-ring (bicyclic) bond motifs is 1. The van der Waals surface area contributed by atoms with Gasteiger partial charge in [-0.15, -0.1) is 13.2 Å². The largest absolute Gasteiger partial charge is 0.573 e. The van der Waals surface area contributed by atoms with Gasteiger partial charge < -0.3 is 19.5 Å². The minimum atomic E-state index is -4.71. The highest BCUT2D eigenvalue weighted by Gasteiger charge is 2.37. The fraction of sp³-hybridized carbons (Fsp3) is 0.514. The van der Waals surface area contributed by atoms with Gasteiger partial charge in [0.15, 0.2) is 6.10 Å². The number of rotatable bonds is 8. The van der Waals surface area contributed by atoms with Gasteiger partial charge >= 0.3 is 12.3 Å². The quantitative estimate of drug-likeness (QED) is 0.262. The van der Waals surface area contributed by atoms with E-state index in [0.29, 0.717) is 24.3 Å². The fourth-order valence-electron chi connectivity index (χ4n) is 6.71. The number of nitrogens with zero attached hydrogens (tertiary/aromatic N) is 3. The van der Waals surface area contributed by atoms with E-state index in [2.05, 4.69) is 46.6 Å². The van der Waals surface area contributed by atoms with Gasteiger partial charge in [-0.25, -0.2) is 4.79 Å². The van der Waals surface area contributed by atoms with Crippen molar-refractivity contribution in [2.75, 3.05) is 24.5 Å². The molecular weight excluding hydrogens is 607 g/mol. The molecule has 10 heteroatoms. The number of alkyl halides is 3. The first-order chi connectivity index (χ1) is 21.9. The predicted molar refractivity (Wildman–Crippen MR) is 177 cm³/mol. The van der Waals surface area contributed by atoms with E-state index in [0.717, 1.165) is 67.0 Å². The Morgan fingerprint density at radius 2 is 1.64 bits per heavy atom. The zero-order chi connectivity index (χ0) is 34.3. The summed E-state index contributed by atoms with van der Waals surface area (Å²) in [5, 5.41) is 10.5. The molecule has 1 saturated heterocycles. The van der Waals surface area contributed by atoms with E-state index < -0.39 is 24.0 Å². The molecule has 7 nitrogen and oxygen atoms in total. The smallest absolute Gasteiger partial charge is 0.479 e. The molecule has 2 aliphatic rings. The van der Waals surface area contributed by atoms with Crippen LogP contribution in [-0.4, -0.2) is 52.6 Å². The number of benzene rings is 2. The van der Waals surface area contributed by atoms with Crippen LogP contribution in [0, 0.1) is 19.3 Å². The number of halogens is 3. The van der Waals surface area contributed by atoms with Crippen molar-refractivity contribution in [2.24, 2.45) is 5.41 Å². The van der Waals surface area contributed by atoms with Gasteiger partial charge in [-0.2, -0.15) is 0 Å². The van der Waals surface area contributed by atoms with E-state index in [1.807, 2.05) is 34.6 Å². The molecule has 0 aliphatic carbocycles. The van der Waals surface area contributed by atoms with Crippen molar-refractivity contribution in [3.05, 3.63) is 76.1 Å². The molecule has 2 aromatic carbocycles. The summed E-state index contributed by atoms with van der Waals surface area (Å²) in [6.45, 7) is 17.8. The van der Waals surface area contributed by atoms with Crippen LogP contribution in [0.3, 0.4) is 0 Å². The number of piperidine rings is 1. The third-order valence-corrected chi connectivity index (χ3v) is 9.12. The Hall–Kier alpha value is -3.63. The first-order valence-corrected chi connectivity index (χ1v) is 16.2. The molecule has 0 unspecified atom stereocenters. The summed E-state index contributed by atoms with van der Waals surface area (Å²) in [6, 6.07) is 12.5. The highest BCUT2D eigenvalue weighted by Crippen LogP contribution is 2.45. The molecule has 1 aromatic heterocycles. The van der Waals surface area contributed by atoms with Gasteiger partial charge in [0.05, 0.1) is 11.3 Å². The molecule has 3 heterocycles. The minimum Gasteiger partial charge on any atom is -0.479 e. The van der Waals surface area contributed by atoms with Gasteiger partial charge in [0.1, 0.15) is 5.75 Å². The Balaban J connectivity index is 1.48. The third-order valence-electron chi connectivity index (χ3n) is 9.12. The average Bonchev–Trinajstić information content (AvgIpc) is 2.95. The Bertz CT molecular complexity index is 1600. The lowest BCUT2D eigenvalue weighted by molar-refractivity contribution is -0.274. The Labute approximate surface area is 275 Å². The lowest BCUT2D eigenvalue weighted by atomic mass is 9.81. The van der Waals surface area contributed by atoms with Crippen LogP contribution in [0.25, 0.3) is 11.1 Å². The number of carbonyl (C=O) groups is 1. The number of hydrogen-bond acceptors (Lipinski definition) is 6. The number of hydrogen-bond donors (Lipinski definition) is 1. The first kappa shape index (κ1) is 34.7. The van der Waals surface area contributed by atoms with E-state index in [4.69, 9.17) is 9.72 Å². The second-order valence-electron chi connectivity index (χ2n) is 14.7. The predicted octanol–water partition coefficient (Wildman–Crippen LogP) is 8.39. The van der Waals surface area contributed by atoms with Crippen molar-refractivity contribution < 1.29 is 32.5 Å². The molecular formula is C37H46F3N3O4. The molecule has 0 bridgehead atoms. The fourth-order valence-corrected chi connectivity index (χ4v) is 6.71. The Kier molecular flexibility index (Phi) is 9.68. The van der Waals surface area contributed by atoms with Gasteiger partial charge in [-0.05, 0) is 93.7 Å². The topological polar surface area (TPSA) is 75.1 Å². The lowest BCUT2D eigenvalue weighted by Gasteiger charge is -2.41. The zero-order valence-electron chi connectivity index (χ0n) is 28.4. The summed E-state index contributed by atoms with van der Waals surface area (Å²) in [5.74, 6) is -1.26. The summed E-state index contributed by atoms with van der Waals surface area (Å²) in [5.41, 5.74) is 7.82. The molecule has 5 rings (SSSR count). The van der Waals surface area contributed by atoms with Crippen LogP contribution < -0.4 is 9.64 Å². The summed E-state index contributed by atoms with van der Waals surface area (Å²) in [4.78, 5) is 22.3. The maximum absolute atomic E-state index is 12.8. The number of aliphatic carboxylic acids is 1. The highest BCUT2D eigenvalue weighted by atomic mass is 19.4. The Morgan fingerprint density at radius 3 is 2.23 bits per heavy atom. The second kappa shape index (κ2) is 13.1. The molecule has 0 radical (unpaired) electrons. The van der Waals surface area contributed by atoms with Crippen LogP contribution in [0.4, 0.5) is 18.9 Å². The third kappa shape index (κ3) is 8.46. The molecule has 254 valence electrons. The average molecular weight is 654 g/mol. The van der Waals surface area contributed by atoms with Gasteiger partial charge in [0, 0.05) is 55.2 Å². The monoisotopic (exact) mass is 653 g/mol. The zero-order valence-corrected chi connectivity index (χ0v) is 28.4.